The summed E-state index contributed by atoms with van der Waals surface area (Å²) < 4.78 is 29.6. The third-order valence-corrected chi connectivity index (χ3v) is 4.95. The van der Waals surface area contributed by atoms with Gasteiger partial charge in [0.15, 0.2) is 0 Å². The van der Waals surface area contributed by atoms with E-state index in [9.17, 15) is 13.2 Å². The predicted octanol–water partition coefficient (Wildman–Crippen LogP) is 2.07. The molecule has 0 spiro atoms. The van der Waals surface area contributed by atoms with E-state index in [2.05, 4.69) is 10.8 Å². The Kier molecular flexibility index (Phi) is 6.09. The number of carbonyl (C=O) groups is 1. The molecule has 0 unspecified atom stereocenters. The molecule has 0 saturated heterocycles. The van der Waals surface area contributed by atoms with Crippen LogP contribution in [0.25, 0.3) is 0 Å². The molecular weight excluding hydrogens is 348 g/mol. The van der Waals surface area contributed by atoms with E-state index in [-0.39, 0.29) is 13.2 Å². The van der Waals surface area contributed by atoms with Gasteiger partial charge >= 0.3 is 5.97 Å². The highest BCUT2D eigenvalue weighted by atomic mass is 32.2. The molecule has 2 rings (SSSR count). The molecule has 0 aliphatic rings. The van der Waals surface area contributed by atoms with Gasteiger partial charge in [0.1, 0.15) is 11.5 Å². The minimum atomic E-state index is -3.21. The van der Waals surface area contributed by atoms with Gasteiger partial charge in [-0.15, -0.1) is 11.3 Å². The average Bonchev–Trinajstić information content (AvgIpc) is 3.00. The van der Waals surface area contributed by atoms with Crippen molar-refractivity contribution < 1.29 is 17.9 Å². The quantitative estimate of drug-likeness (QED) is 0.759. The molecule has 0 saturated carbocycles. The van der Waals surface area contributed by atoms with Crippen LogP contribution in [0.5, 0.6) is 0 Å². The molecule has 0 aliphatic heterocycles. The summed E-state index contributed by atoms with van der Waals surface area (Å²) in [4.78, 5) is 13.4. The summed E-state index contributed by atoms with van der Waals surface area (Å²) in [6.07, 6.45) is 1.60. The van der Waals surface area contributed by atoms with Crippen molar-refractivity contribution in [3.8, 4) is 6.07 Å². The van der Waals surface area contributed by atoms with E-state index in [4.69, 9.17) is 10.00 Å². The SMILES string of the molecule is CS(=O)(=O)NCCc1ccc(C(=O)OCc2ccccc2C#N)s1. The van der Waals surface area contributed by atoms with Crippen LogP contribution in [0.1, 0.15) is 25.7 Å². The number of hydrogen-bond donors (Lipinski definition) is 1. The maximum absolute atomic E-state index is 12.1. The molecule has 1 aromatic carbocycles. The standard InChI is InChI=1S/C16H16N2O4S2/c1-24(20,21)18-9-8-14-6-7-15(23-14)16(19)22-11-13-5-3-2-4-12(13)10-17/h2-7,18H,8-9,11H2,1H3. The lowest BCUT2D eigenvalue weighted by atomic mass is 10.1. The van der Waals surface area contributed by atoms with Crippen LogP contribution in [0.15, 0.2) is 36.4 Å². The Balaban J connectivity index is 1.90. The first-order valence-electron chi connectivity index (χ1n) is 7.07. The molecule has 0 radical (unpaired) electrons. The van der Waals surface area contributed by atoms with Crippen LogP contribution in [0.2, 0.25) is 0 Å². The minimum Gasteiger partial charge on any atom is -0.457 e. The van der Waals surface area contributed by atoms with Crippen molar-refractivity contribution in [2.45, 2.75) is 13.0 Å². The second-order valence-corrected chi connectivity index (χ2v) is 8.03. The lowest BCUT2D eigenvalue weighted by molar-refractivity contribution is 0.0478. The highest BCUT2D eigenvalue weighted by molar-refractivity contribution is 7.88. The molecule has 0 aliphatic carbocycles. The Morgan fingerprint density at radius 2 is 2.04 bits per heavy atom. The second-order valence-electron chi connectivity index (χ2n) is 5.03. The summed E-state index contributed by atoms with van der Waals surface area (Å²) >= 11 is 1.26. The number of benzene rings is 1. The number of thiophene rings is 1. The summed E-state index contributed by atoms with van der Waals surface area (Å²) in [5.74, 6) is -0.463. The third-order valence-electron chi connectivity index (χ3n) is 3.10. The molecule has 24 heavy (non-hydrogen) atoms. The van der Waals surface area contributed by atoms with E-state index in [0.29, 0.717) is 22.4 Å². The van der Waals surface area contributed by atoms with Crippen molar-refractivity contribution in [2.24, 2.45) is 0 Å². The third kappa shape index (κ3) is 5.45. The van der Waals surface area contributed by atoms with Gasteiger partial charge < -0.3 is 4.74 Å². The lowest BCUT2D eigenvalue weighted by Gasteiger charge is -2.05. The molecule has 8 heteroatoms. The minimum absolute atomic E-state index is 0.0332. The number of carbonyl (C=O) groups excluding carboxylic acids is 1. The normalized spacial score (nSPS) is 11.0. The van der Waals surface area contributed by atoms with Crippen LogP contribution < -0.4 is 4.72 Å². The van der Waals surface area contributed by atoms with Gasteiger partial charge in [-0.2, -0.15) is 5.26 Å². The van der Waals surface area contributed by atoms with Crippen LogP contribution in [0.4, 0.5) is 0 Å². The molecule has 2 aromatic rings. The van der Waals surface area contributed by atoms with Crippen molar-refractivity contribution >= 4 is 27.3 Å². The lowest BCUT2D eigenvalue weighted by Crippen LogP contribution is -2.23. The molecular formula is C16H16N2O4S2. The van der Waals surface area contributed by atoms with Gasteiger partial charge in [-0.1, -0.05) is 18.2 Å². The number of hydrogen-bond acceptors (Lipinski definition) is 6. The number of nitrogens with zero attached hydrogens (tertiary/aromatic N) is 1. The fourth-order valence-corrected chi connectivity index (χ4v) is 3.33. The summed E-state index contributed by atoms with van der Waals surface area (Å²) in [6, 6.07) is 12.4. The molecule has 1 heterocycles. The van der Waals surface area contributed by atoms with Gasteiger partial charge in [0.05, 0.1) is 17.9 Å². The first-order valence-corrected chi connectivity index (χ1v) is 9.78. The van der Waals surface area contributed by atoms with Crippen molar-refractivity contribution in [1.82, 2.24) is 4.72 Å². The van der Waals surface area contributed by atoms with Gasteiger partial charge in [0.2, 0.25) is 10.0 Å². The largest absolute Gasteiger partial charge is 0.457 e. The van der Waals surface area contributed by atoms with E-state index in [1.165, 1.54) is 11.3 Å². The Morgan fingerprint density at radius 1 is 1.29 bits per heavy atom. The maximum atomic E-state index is 12.1. The maximum Gasteiger partial charge on any atom is 0.348 e. The smallest absolute Gasteiger partial charge is 0.348 e. The molecule has 0 bridgehead atoms. The average molecular weight is 364 g/mol. The number of nitriles is 1. The summed E-state index contributed by atoms with van der Waals surface area (Å²) in [6.45, 7) is 0.314. The van der Waals surface area contributed by atoms with Crippen molar-refractivity contribution in [1.29, 1.82) is 5.26 Å². The number of sulfonamides is 1. The Bertz CT molecular complexity index is 866. The van der Waals surface area contributed by atoms with E-state index in [1.807, 2.05) is 0 Å². The van der Waals surface area contributed by atoms with Gasteiger partial charge in [0.25, 0.3) is 0 Å². The number of esters is 1. The zero-order valence-electron chi connectivity index (χ0n) is 13.0. The zero-order valence-corrected chi connectivity index (χ0v) is 14.6. The Labute approximate surface area is 144 Å². The van der Waals surface area contributed by atoms with E-state index in [1.54, 1.807) is 36.4 Å². The first-order chi connectivity index (χ1) is 11.4. The Hall–Kier alpha value is -2.21. The second kappa shape index (κ2) is 8.06. The molecule has 126 valence electrons. The molecule has 0 amide bonds. The van der Waals surface area contributed by atoms with Crippen LogP contribution in [0, 0.1) is 11.3 Å². The summed E-state index contributed by atoms with van der Waals surface area (Å²) in [5, 5.41) is 9.01. The van der Waals surface area contributed by atoms with Crippen molar-refractivity contribution in [3.63, 3.8) is 0 Å². The van der Waals surface area contributed by atoms with Gasteiger partial charge in [-0.25, -0.2) is 17.9 Å². The monoisotopic (exact) mass is 364 g/mol. The van der Waals surface area contributed by atoms with Gasteiger partial charge in [0, 0.05) is 17.0 Å². The van der Waals surface area contributed by atoms with Crippen LogP contribution in [-0.4, -0.2) is 27.2 Å². The summed E-state index contributed by atoms with van der Waals surface area (Å²) in [5.41, 5.74) is 1.13. The fraction of sp³-hybridized carbons (Fsp3) is 0.250. The Morgan fingerprint density at radius 3 is 2.75 bits per heavy atom. The fourth-order valence-electron chi connectivity index (χ4n) is 1.95. The number of ether oxygens (including phenoxy) is 1. The van der Waals surface area contributed by atoms with Gasteiger partial charge in [-0.3, -0.25) is 0 Å². The predicted molar refractivity (Wildman–Crippen MR) is 91.1 cm³/mol. The van der Waals surface area contributed by atoms with Crippen LogP contribution in [-0.2, 0) is 27.8 Å². The highest BCUT2D eigenvalue weighted by Gasteiger charge is 2.12. The number of nitrogens with one attached hydrogen (secondary N) is 1. The molecule has 1 N–H and O–H groups in total. The number of rotatable bonds is 7. The van der Waals surface area contributed by atoms with E-state index >= 15 is 0 Å². The van der Waals surface area contributed by atoms with Crippen molar-refractivity contribution in [3.05, 3.63) is 57.3 Å². The first kappa shape index (κ1) is 18.1. The topological polar surface area (TPSA) is 96.3 Å². The molecule has 0 fully saturated rings. The highest BCUT2D eigenvalue weighted by Crippen LogP contribution is 2.19. The van der Waals surface area contributed by atoms with Crippen molar-refractivity contribution in [2.75, 3.05) is 12.8 Å². The van der Waals surface area contributed by atoms with Crippen LogP contribution >= 0.6 is 11.3 Å². The van der Waals surface area contributed by atoms with Gasteiger partial charge in [-0.05, 0) is 24.6 Å². The molecule has 0 atom stereocenters. The zero-order chi connectivity index (χ0) is 17.6. The van der Waals surface area contributed by atoms with E-state index in [0.717, 1.165) is 11.1 Å². The summed E-state index contributed by atoms with van der Waals surface area (Å²) in [7, 11) is -3.21. The molecule has 6 nitrogen and oxygen atoms in total. The molecule has 1 aromatic heterocycles. The van der Waals surface area contributed by atoms with E-state index < -0.39 is 16.0 Å². The van der Waals surface area contributed by atoms with Crippen LogP contribution in [0.3, 0.4) is 0 Å².